The van der Waals surface area contributed by atoms with Crippen molar-refractivity contribution in [1.29, 1.82) is 0 Å². The molecule has 109 heavy (non-hydrogen) atoms. The van der Waals surface area contributed by atoms with E-state index in [-0.39, 0.29) is 19.3 Å². The van der Waals surface area contributed by atoms with Gasteiger partial charge < -0.3 is 34.2 Å². The zero-order valence-corrected chi connectivity index (χ0v) is 69.4. The van der Waals surface area contributed by atoms with E-state index in [2.05, 4.69) is 215 Å². The Labute approximate surface area is 661 Å². The highest BCUT2D eigenvalue weighted by atomic mass is 31.2. The lowest BCUT2D eigenvalue weighted by Gasteiger charge is -2.21. The van der Waals surface area contributed by atoms with Crippen LogP contribution in [0.2, 0.25) is 0 Å². The first-order valence-electron chi connectivity index (χ1n) is 41.7. The third-order valence-corrected chi connectivity index (χ3v) is 18.7. The van der Waals surface area contributed by atoms with Gasteiger partial charge in [-0.2, -0.15) is 0 Å². The Hall–Kier alpha value is -5.61. The summed E-state index contributed by atoms with van der Waals surface area (Å²) in [5.74, 6) is -1.64. The van der Waals surface area contributed by atoms with E-state index in [1.807, 2.05) is 0 Å². The molecule has 0 aromatic carbocycles. The fourth-order valence-electron chi connectivity index (χ4n) is 10.6. The Morgan fingerprint density at radius 1 is 0.257 bits per heavy atom. The molecule has 0 aliphatic heterocycles. The Kier molecular flexibility index (Phi) is 77.7. The van der Waals surface area contributed by atoms with Crippen molar-refractivity contribution in [3.8, 4) is 0 Å². The minimum atomic E-state index is -4.96. The van der Waals surface area contributed by atoms with E-state index in [9.17, 15) is 43.5 Å². The largest absolute Gasteiger partial charge is 0.472 e. The summed E-state index contributed by atoms with van der Waals surface area (Å²) in [6, 6.07) is 0. The summed E-state index contributed by atoms with van der Waals surface area (Å²) >= 11 is 0. The molecule has 0 heterocycles. The number of phosphoric acid groups is 2. The Morgan fingerprint density at radius 3 is 0.734 bits per heavy atom. The normalized spacial score (nSPS) is 14.9. The van der Waals surface area contributed by atoms with Gasteiger partial charge in [-0.1, -0.05) is 318 Å². The summed E-state index contributed by atoms with van der Waals surface area (Å²) in [4.78, 5) is 58.8. The topological polar surface area (TPSA) is 231 Å². The van der Waals surface area contributed by atoms with Crippen molar-refractivity contribution >= 4 is 33.6 Å². The number of aliphatic hydroxyl groups excluding tert-OH is 2. The van der Waals surface area contributed by atoms with Crippen LogP contribution >= 0.6 is 15.6 Å². The van der Waals surface area contributed by atoms with Crippen LogP contribution in [0.25, 0.3) is 0 Å². The highest BCUT2D eigenvalue weighted by Crippen LogP contribution is 2.45. The quantitative estimate of drug-likeness (QED) is 0.0146. The summed E-state index contributed by atoms with van der Waals surface area (Å²) in [6.45, 7) is 2.27. The first-order chi connectivity index (χ1) is 53.2. The predicted octanol–water partition coefficient (Wildman–Crippen LogP) is 25.1. The summed E-state index contributed by atoms with van der Waals surface area (Å²) in [6.07, 6.45) is 108. The minimum Gasteiger partial charge on any atom is -0.463 e. The van der Waals surface area contributed by atoms with Gasteiger partial charge in [0.1, 0.15) is 25.4 Å². The van der Waals surface area contributed by atoms with Crippen LogP contribution in [0.4, 0.5) is 0 Å². The van der Waals surface area contributed by atoms with Crippen molar-refractivity contribution in [2.75, 3.05) is 39.6 Å². The molecule has 0 aromatic rings. The fraction of sp³-hybridized carbons (Fsp3) is 0.615. The number of carbonyl (C=O) groups is 3. The van der Waals surface area contributed by atoms with E-state index in [1.165, 1.54) is 64.2 Å². The molecule has 4 N–H and O–H groups in total. The molecule has 618 valence electrons. The average molecular weight is 1560 g/mol. The van der Waals surface area contributed by atoms with Crippen LogP contribution in [0.15, 0.2) is 194 Å². The van der Waals surface area contributed by atoms with E-state index >= 15 is 0 Å². The predicted molar refractivity (Wildman–Crippen MR) is 454 cm³/mol. The maximum Gasteiger partial charge on any atom is 0.472 e. The molecule has 5 unspecified atom stereocenters. The van der Waals surface area contributed by atoms with Gasteiger partial charge >= 0.3 is 33.6 Å². The number of aliphatic hydroxyl groups is 2. The van der Waals surface area contributed by atoms with Gasteiger partial charge in [-0.15, -0.1) is 0 Å². The van der Waals surface area contributed by atoms with E-state index in [0.717, 1.165) is 180 Å². The molecule has 0 aromatic heterocycles. The highest BCUT2D eigenvalue weighted by molar-refractivity contribution is 7.47. The fourth-order valence-corrected chi connectivity index (χ4v) is 12.2. The highest BCUT2D eigenvalue weighted by Gasteiger charge is 2.29. The summed E-state index contributed by atoms with van der Waals surface area (Å²) in [5.41, 5.74) is 0. The zero-order chi connectivity index (χ0) is 79.4. The number of hydrogen-bond acceptors (Lipinski definition) is 14. The second-order valence-corrected chi connectivity index (χ2v) is 30.0. The lowest BCUT2D eigenvalue weighted by molar-refractivity contribution is -0.161. The van der Waals surface area contributed by atoms with Crippen molar-refractivity contribution in [3.05, 3.63) is 194 Å². The zero-order valence-electron chi connectivity index (χ0n) is 67.6. The SMILES string of the molecule is CC/C=C\C/C=C\C/C=C\C/C=C\C/C=C\C/C=C\CCCCCCCCCCCCCCCCC(=O)OCC(O)COP(=O)(O)OCC(O)COP(=O)(O)OCC(COC(=O)CCCCCCC/C=C\C/C=C\C/C=C\C/C=C\C/C=C\CC)OC(=O)CCCCC/C=C\C/C=C\C/C=C\C/C=C\C/C=C\CC. The number of hydrogen-bond donors (Lipinski definition) is 4. The number of allylic oxidation sites excluding steroid dienone is 32. The molecule has 0 radical (unpaired) electrons. The number of carbonyl (C=O) groups excluding carboxylic acids is 3. The summed E-state index contributed by atoms with van der Waals surface area (Å²) < 4.78 is 61.2. The maximum absolute atomic E-state index is 13.0. The summed E-state index contributed by atoms with van der Waals surface area (Å²) in [5, 5.41) is 20.7. The molecule has 0 aliphatic carbocycles. The minimum absolute atomic E-state index is 0.0537. The Balaban J connectivity index is 4.58. The molecule has 0 amide bonds. The Bertz CT molecular complexity index is 2760. The van der Waals surface area contributed by atoms with Gasteiger partial charge in [0.05, 0.1) is 26.4 Å². The summed E-state index contributed by atoms with van der Waals surface area (Å²) in [7, 11) is -9.83. The number of rotatable bonds is 77. The van der Waals surface area contributed by atoms with Crippen LogP contribution in [0.1, 0.15) is 303 Å². The van der Waals surface area contributed by atoms with E-state index in [0.29, 0.717) is 19.3 Å². The van der Waals surface area contributed by atoms with Gasteiger partial charge in [0.2, 0.25) is 0 Å². The monoisotopic (exact) mass is 1560 g/mol. The van der Waals surface area contributed by atoms with E-state index < -0.39 is 91.5 Å². The van der Waals surface area contributed by atoms with Crippen LogP contribution in [-0.4, -0.2) is 95.9 Å². The average Bonchev–Trinajstić information content (AvgIpc) is 0.896. The van der Waals surface area contributed by atoms with Gasteiger partial charge in [-0.3, -0.25) is 32.5 Å². The van der Waals surface area contributed by atoms with Crippen molar-refractivity contribution < 1.29 is 75.8 Å². The van der Waals surface area contributed by atoms with Gasteiger partial charge in [0, 0.05) is 19.3 Å². The second kappa shape index (κ2) is 81.9. The van der Waals surface area contributed by atoms with Crippen LogP contribution in [0.3, 0.4) is 0 Å². The van der Waals surface area contributed by atoms with Crippen molar-refractivity contribution in [3.63, 3.8) is 0 Å². The molecule has 18 heteroatoms. The van der Waals surface area contributed by atoms with Crippen LogP contribution < -0.4 is 0 Å². The molecular formula is C91H148O16P2. The van der Waals surface area contributed by atoms with Crippen LogP contribution in [0.5, 0.6) is 0 Å². The van der Waals surface area contributed by atoms with E-state index in [4.69, 9.17) is 32.3 Å². The lowest BCUT2D eigenvalue weighted by Crippen LogP contribution is -2.30. The number of phosphoric ester groups is 2. The Morgan fingerprint density at radius 2 is 0.459 bits per heavy atom. The van der Waals surface area contributed by atoms with Crippen molar-refractivity contribution in [2.24, 2.45) is 0 Å². The number of esters is 3. The van der Waals surface area contributed by atoms with Gasteiger partial charge in [0.25, 0.3) is 0 Å². The third kappa shape index (κ3) is 83.2. The van der Waals surface area contributed by atoms with Crippen LogP contribution in [-0.2, 0) is 55.8 Å². The number of unbranched alkanes of at least 4 members (excludes halogenated alkanes) is 22. The molecule has 0 saturated heterocycles. The molecule has 0 bridgehead atoms. The van der Waals surface area contributed by atoms with Crippen molar-refractivity contribution in [1.82, 2.24) is 0 Å². The number of ether oxygens (including phenoxy) is 3. The first kappa shape index (κ1) is 103. The smallest absolute Gasteiger partial charge is 0.463 e. The van der Waals surface area contributed by atoms with Gasteiger partial charge in [-0.05, 0) is 161 Å². The van der Waals surface area contributed by atoms with Gasteiger partial charge in [-0.25, -0.2) is 9.13 Å². The standard InChI is InChI=1S/C91H148O16P2/c1-4-7-10-13-16-19-22-25-28-31-34-36-37-38-39-40-41-42-43-44-45-46-47-49-52-53-56-59-62-65-68-71-74-77-89(94)101-80-86(92)81-103-108(97,98)104-82-87(93)83-105-109(99,100)106-85-88(107-91(96)79-76-73-70-67-64-61-58-55-50-33-30-27-24-21-18-15-12-9-6-3)84-102-90(95)78-75-72-69-66-63-60-57-54-51-48-35-32-29-26-23-20-17-14-11-8-5-2/h7-12,16-21,25-30,34-36,38-39,41-42,48,50,54-55,57,61,64,86-88,92-93H,4-6,13-15,22-24,31-33,37,40,43-47,49,51-53,56,58-60,62-63,65-85H2,1-3H3,(H,97,98)(H,99,100)/b10-7-,11-8-,12-9-,19-16-,20-17-,21-18-,28-25-,29-26-,30-27-,36-34-,39-38-,42-41-,48-35-,55-50-,57-54-,64-61-. The van der Waals surface area contributed by atoms with Gasteiger partial charge in [0.15, 0.2) is 6.10 Å². The molecule has 0 aliphatic rings. The van der Waals surface area contributed by atoms with Crippen LogP contribution in [0, 0.1) is 0 Å². The molecule has 0 saturated carbocycles. The first-order valence-corrected chi connectivity index (χ1v) is 44.7. The molecule has 5 atom stereocenters. The molecular weight excluding hydrogens is 1410 g/mol. The molecule has 0 spiro atoms. The molecule has 0 rings (SSSR count). The van der Waals surface area contributed by atoms with E-state index in [1.54, 1.807) is 0 Å². The lowest BCUT2D eigenvalue weighted by atomic mass is 10.0. The third-order valence-electron chi connectivity index (χ3n) is 16.8. The molecule has 16 nitrogen and oxygen atoms in total. The van der Waals surface area contributed by atoms with Crippen molar-refractivity contribution in [2.45, 2.75) is 322 Å². The molecule has 0 fully saturated rings. The maximum atomic E-state index is 13.0. The second-order valence-electron chi connectivity index (χ2n) is 27.1.